The molecule has 17 heavy (non-hydrogen) atoms. The van der Waals surface area contributed by atoms with E-state index in [0.29, 0.717) is 6.04 Å². The Hall–Kier alpha value is -0.930. The van der Waals surface area contributed by atoms with E-state index in [0.717, 1.165) is 31.2 Å². The van der Waals surface area contributed by atoms with E-state index < -0.39 is 0 Å². The minimum absolute atomic E-state index is 0.128. The van der Waals surface area contributed by atoms with E-state index in [1.807, 2.05) is 6.07 Å². The Bertz CT molecular complexity index is 394. The minimum atomic E-state index is -0.128. The van der Waals surface area contributed by atoms with Gasteiger partial charge in [0.05, 0.1) is 0 Å². The Labute approximate surface area is 102 Å². The first kappa shape index (κ1) is 11.2. The predicted molar refractivity (Wildman–Crippen MR) is 66.2 cm³/mol. The Kier molecular flexibility index (Phi) is 3.12. The Balaban J connectivity index is 1.65. The molecule has 92 valence electrons. The van der Waals surface area contributed by atoms with Crippen LogP contribution >= 0.6 is 0 Å². The summed E-state index contributed by atoms with van der Waals surface area (Å²) in [4.78, 5) is 2.45. The lowest BCUT2D eigenvalue weighted by Crippen LogP contribution is -2.34. The molecule has 0 spiro atoms. The summed E-state index contributed by atoms with van der Waals surface area (Å²) in [5.74, 6) is -0.128. The summed E-state index contributed by atoms with van der Waals surface area (Å²) in [6.07, 6.45) is 3.86. The third-order valence-corrected chi connectivity index (χ3v) is 3.90. The van der Waals surface area contributed by atoms with Gasteiger partial charge in [-0.05, 0) is 37.0 Å². The molecule has 1 N–H and O–H groups in total. The van der Waals surface area contributed by atoms with Crippen molar-refractivity contribution in [1.82, 2.24) is 10.2 Å². The highest BCUT2D eigenvalue weighted by molar-refractivity contribution is 5.16. The molecule has 0 radical (unpaired) electrons. The molecule has 0 amide bonds. The van der Waals surface area contributed by atoms with Gasteiger partial charge in [0.15, 0.2) is 0 Å². The third-order valence-electron chi connectivity index (χ3n) is 3.90. The molecule has 2 bridgehead atoms. The average Bonchev–Trinajstić information content (AvgIpc) is 2.63. The molecule has 3 heteroatoms. The maximum atomic E-state index is 13.1. The molecule has 2 aliphatic rings. The maximum absolute atomic E-state index is 13.1. The number of halogens is 1. The van der Waals surface area contributed by atoms with Crippen LogP contribution in [0.4, 0.5) is 4.39 Å². The molecular weight excluding hydrogens is 215 g/mol. The van der Waals surface area contributed by atoms with Gasteiger partial charge in [-0.2, -0.15) is 0 Å². The van der Waals surface area contributed by atoms with Gasteiger partial charge >= 0.3 is 0 Å². The van der Waals surface area contributed by atoms with E-state index in [-0.39, 0.29) is 5.82 Å². The van der Waals surface area contributed by atoms with Crippen molar-refractivity contribution in [2.24, 2.45) is 0 Å². The van der Waals surface area contributed by atoms with Gasteiger partial charge in [-0.1, -0.05) is 12.1 Å². The van der Waals surface area contributed by atoms with Crippen LogP contribution in [0.1, 0.15) is 24.8 Å². The van der Waals surface area contributed by atoms with Gasteiger partial charge in [0.1, 0.15) is 5.82 Å². The van der Waals surface area contributed by atoms with Crippen molar-refractivity contribution < 1.29 is 4.39 Å². The van der Waals surface area contributed by atoms with Gasteiger partial charge in [-0.3, -0.25) is 4.90 Å². The molecule has 1 aromatic carbocycles. The molecule has 2 nitrogen and oxygen atoms in total. The highest BCUT2D eigenvalue weighted by Gasteiger charge is 2.28. The van der Waals surface area contributed by atoms with Crippen molar-refractivity contribution in [3.05, 3.63) is 35.6 Å². The molecule has 2 aliphatic heterocycles. The zero-order chi connectivity index (χ0) is 11.7. The smallest absolute Gasteiger partial charge is 0.123 e. The van der Waals surface area contributed by atoms with Gasteiger partial charge in [-0.15, -0.1) is 0 Å². The normalized spacial score (nSPS) is 29.2. The number of likely N-dealkylation sites (tertiary alicyclic amines) is 1. The zero-order valence-corrected chi connectivity index (χ0v) is 10.0. The van der Waals surface area contributed by atoms with E-state index >= 15 is 0 Å². The van der Waals surface area contributed by atoms with Crippen LogP contribution in [0.3, 0.4) is 0 Å². The number of hydrogen-bond donors (Lipinski definition) is 1. The summed E-state index contributed by atoms with van der Waals surface area (Å²) in [6, 6.07) is 8.34. The summed E-state index contributed by atoms with van der Waals surface area (Å²) < 4.78 is 13.1. The second-order valence-corrected chi connectivity index (χ2v) is 5.29. The standard InChI is InChI=1S/C14H19FN2/c15-12-3-1-2-11(8-12)9-17-7-6-13-4-5-14(10-17)16-13/h1-3,8,13-14,16H,4-7,9-10H2. The highest BCUT2D eigenvalue weighted by atomic mass is 19.1. The van der Waals surface area contributed by atoms with Crippen LogP contribution in [-0.2, 0) is 6.54 Å². The Morgan fingerprint density at radius 3 is 3.00 bits per heavy atom. The number of hydrogen-bond acceptors (Lipinski definition) is 2. The summed E-state index contributed by atoms with van der Waals surface area (Å²) in [7, 11) is 0. The quantitative estimate of drug-likeness (QED) is 0.843. The third kappa shape index (κ3) is 2.67. The molecule has 2 unspecified atom stereocenters. The van der Waals surface area contributed by atoms with Crippen molar-refractivity contribution >= 4 is 0 Å². The SMILES string of the molecule is Fc1cccc(CN2CCC3CCC(C2)N3)c1. The first-order chi connectivity index (χ1) is 8.29. The maximum Gasteiger partial charge on any atom is 0.123 e. The lowest BCUT2D eigenvalue weighted by atomic mass is 10.1. The second-order valence-electron chi connectivity index (χ2n) is 5.29. The Morgan fingerprint density at radius 1 is 1.24 bits per heavy atom. The van der Waals surface area contributed by atoms with Crippen LogP contribution in [0.25, 0.3) is 0 Å². The number of nitrogens with one attached hydrogen (secondary N) is 1. The van der Waals surface area contributed by atoms with Crippen molar-refractivity contribution in [3.8, 4) is 0 Å². The van der Waals surface area contributed by atoms with Crippen LogP contribution in [0.2, 0.25) is 0 Å². The number of benzene rings is 1. The van der Waals surface area contributed by atoms with Crippen LogP contribution in [0.15, 0.2) is 24.3 Å². The van der Waals surface area contributed by atoms with Crippen molar-refractivity contribution in [3.63, 3.8) is 0 Å². The van der Waals surface area contributed by atoms with E-state index in [4.69, 9.17) is 0 Å². The molecular formula is C14H19FN2. The number of rotatable bonds is 2. The van der Waals surface area contributed by atoms with Gasteiger partial charge in [0, 0.05) is 31.7 Å². The summed E-state index contributed by atoms with van der Waals surface area (Å²) in [6.45, 7) is 3.11. The molecule has 2 fully saturated rings. The molecule has 2 saturated heterocycles. The molecule has 2 heterocycles. The topological polar surface area (TPSA) is 15.3 Å². The molecule has 0 aliphatic carbocycles. The fourth-order valence-electron chi connectivity index (χ4n) is 3.05. The van der Waals surface area contributed by atoms with E-state index in [1.165, 1.54) is 25.3 Å². The molecule has 0 aromatic heterocycles. The predicted octanol–water partition coefficient (Wildman–Crippen LogP) is 2.15. The largest absolute Gasteiger partial charge is 0.310 e. The van der Waals surface area contributed by atoms with Gasteiger partial charge in [0.25, 0.3) is 0 Å². The molecule has 1 aromatic rings. The fourth-order valence-corrected chi connectivity index (χ4v) is 3.05. The summed E-state index contributed by atoms with van der Waals surface area (Å²) in [5, 5.41) is 3.66. The van der Waals surface area contributed by atoms with Crippen LogP contribution < -0.4 is 5.32 Å². The summed E-state index contributed by atoms with van der Waals surface area (Å²) in [5.41, 5.74) is 1.09. The van der Waals surface area contributed by atoms with Crippen LogP contribution in [0, 0.1) is 5.82 Å². The lowest BCUT2D eigenvalue weighted by Gasteiger charge is -2.23. The number of fused-ring (bicyclic) bond motifs is 2. The highest BCUT2D eigenvalue weighted by Crippen LogP contribution is 2.21. The molecule has 0 saturated carbocycles. The first-order valence-corrected chi connectivity index (χ1v) is 6.52. The monoisotopic (exact) mass is 234 g/mol. The van der Waals surface area contributed by atoms with Gasteiger partial charge in [-0.25, -0.2) is 4.39 Å². The molecule has 2 atom stereocenters. The van der Waals surface area contributed by atoms with E-state index in [9.17, 15) is 4.39 Å². The van der Waals surface area contributed by atoms with Gasteiger partial charge < -0.3 is 5.32 Å². The lowest BCUT2D eigenvalue weighted by molar-refractivity contribution is 0.250. The summed E-state index contributed by atoms with van der Waals surface area (Å²) >= 11 is 0. The van der Waals surface area contributed by atoms with E-state index in [2.05, 4.69) is 10.2 Å². The molecule has 3 rings (SSSR count). The first-order valence-electron chi connectivity index (χ1n) is 6.52. The van der Waals surface area contributed by atoms with Crippen LogP contribution in [-0.4, -0.2) is 30.1 Å². The van der Waals surface area contributed by atoms with Gasteiger partial charge in [0.2, 0.25) is 0 Å². The Morgan fingerprint density at radius 2 is 2.12 bits per heavy atom. The zero-order valence-electron chi connectivity index (χ0n) is 10.0. The second kappa shape index (κ2) is 4.75. The fraction of sp³-hybridized carbons (Fsp3) is 0.571. The van der Waals surface area contributed by atoms with Crippen molar-refractivity contribution in [1.29, 1.82) is 0 Å². The van der Waals surface area contributed by atoms with Crippen molar-refractivity contribution in [2.75, 3.05) is 13.1 Å². The van der Waals surface area contributed by atoms with E-state index in [1.54, 1.807) is 12.1 Å². The van der Waals surface area contributed by atoms with Crippen LogP contribution in [0.5, 0.6) is 0 Å². The minimum Gasteiger partial charge on any atom is -0.310 e. The average molecular weight is 234 g/mol. The number of nitrogens with zero attached hydrogens (tertiary/aromatic N) is 1. The van der Waals surface area contributed by atoms with Crippen molar-refractivity contribution in [2.45, 2.75) is 37.9 Å².